The number of hydrogen-bond acceptors (Lipinski definition) is 17. The predicted octanol–water partition coefficient (Wildman–Crippen LogP) is 11.1. The van der Waals surface area contributed by atoms with E-state index in [2.05, 4.69) is 77.2 Å². The summed E-state index contributed by atoms with van der Waals surface area (Å²) in [7, 11) is 6.14. The summed E-state index contributed by atoms with van der Waals surface area (Å²) in [5.41, 5.74) is 13.3. The number of methoxy groups -OCH3 is 2. The summed E-state index contributed by atoms with van der Waals surface area (Å²) in [6, 6.07) is 30.1. The van der Waals surface area contributed by atoms with Crippen molar-refractivity contribution >= 4 is 131 Å². The largest absolute Gasteiger partial charge is 0.468 e. The molecule has 2 fully saturated rings. The van der Waals surface area contributed by atoms with Crippen molar-refractivity contribution in [3.05, 3.63) is 167 Å². The van der Waals surface area contributed by atoms with E-state index in [9.17, 15) is 28.8 Å². The lowest BCUT2D eigenvalue weighted by Gasteiger charge is -2.30. The number of carbonyl (C=O) groups excluding carboxylic acids is 6. The van der Waals surface area contributed by atoms with Crippen LogP contribution in [0.2, 0.25) is 10.0 Å². The summed E-state index contributed by atoms with van der Waals surface area (Å²) >= 11 is 20.9. The number of para-hydroxylation sites is 2. The third kappa shape index (κ3) is 22.0. The fourth-order valence-corrected chi connectivity index (χ4v) is 10.8. The average molecular weight is 1380 g/mol. The number of alkyl halides is 1. The zero-order chi connectivity index (χ0) is 65.9. The number of hydrogen-bond donors (Lipinski definition) is 9. The van der Waals surface area contributed by atoms with Crippen molar-refractivity contribution in [2.75, 3.05) is 75.0 Å². The fourth-order valence-electron chi connectivity index (χ4n) is 10.2. The van der Waals surface area contributed by atoms with Gasteiger partial charge in [-0.05, 0) is 144 Å². The minimum Gasteiger partial charge on any atom is -0.468 e. The van der Waals surface area contributed by atoms with E-state index in [1.165, 1.54) is 26.4 Å². The Hall–Kier alpha value is -8.71. The van der Waals surface area contributed by atoms with Gasteiger partial charge in [0.1, 0.15) is 0 Å². The van der Waals surface area contributed by atoms with Crippen LogP contribution < -0.4 is 37.6 Å². The van der Waals surface area contributed by atoms with E-state index in [-0.39, 0.29) is 66.9 Å². The van der Waals surface area contributed by atoms with E-state index in [0.717, 1.165) is 84.3 Å². The second-order valence-corrected chi connectivity index (χ2v) is 23.3. The number of allylic oxidation sites excluding steroid dienone is 2. The normalized spacial score (nSPS) is 16.0. The SMILES string of the molecule is CNCC(=O)OC.COC(=O)CN(C)C/C=C/C(=O)Nc1ccc(C(=O)N[C@H]2CCC[C@@H](Nc3ncc(Cl)c(-c4c[nH]c5ccccc45)n3)C2)cc1.Nc1ccc(C(=O)N[C@H]2CCC[C@@H](Nc3ncc(Cl)c(-c4c[nH]c5ccccc45)n3)C2)cc1.O=C(Cl)/C=C/CBr. The lowest BCUT2D eigenvalue weighted by molar-refractivity contribution is -0.141. The van der Waals surface area contributed by atoms with Crippen molar-refractivity contribution in [1.82, 2.24) is 50.8 Å². The van der Waals surface area contributed by atoms with E-state index in [0.29, 0.717) is 67.7 Å². The molecule has 3 amide bonds. The highest BCUT2D eigenvalue weighted by Gasteiger charge is 2.27. The number of nitrogens with one attached hydrogen (secondary N) is 8. The van der Waals surface area contributed by atoms with Gasteiger partial charge >= 0.3 is 11.9 Å². The highest BCUT2D eigenvalue weighted by molar-refractivity contribution is 9.09. The molecule has 92 heavy (non-hydrogen) atoms. The molecule has 0 saturated heterocycles. The van der Waals surface area contributed by atoms with Gasteiger partial charge in [0.15, 0.2) is 0 Å². The van der Waals surface area contributed by atoms with Crippen LogP contribution in [0.5, 0.6) is 0 Å². The van der Waals surface area contributed by atoms with Crippen LogP contribution in [-0.2, 0) is 28.7 Å². The summed E-state index contributed by atoms with van der Waals surface area (Å²) in [6.45, 7) is 0.836. The van der Waals surface area contributed by atoms with Gasteiger partial charge in [0.25, 0.3) is 11.8 Å². The number of halogens is 4. The van der Waals surface area contributed by atoms with Crippen LogP contribution in [0.15, 0.2) is 146 Å². The highest BCUT2D eigenvalue weighted by atomic mass is 79.9. The smallest absolute Gasteiger partial charge is 0.319 e. The van der Waals surface area contributed by atoms with Gasteiger partial charge in [-0.25, -0.2) is 19.9 Å². The number of esters is 2. The fraction of sp³-hybridized carbons (Fsp3) is 0.303. The average Bonchev–Trinajstić information content (AvgIpc) is 1.67. The van der Waals surface area contributed by atoms with Gasteiger partial charge in [-0.3, -0.25) is 33.7 Å². The van der Waals surface area contributed by atoms with Crippen LogP contribution >= 0.6 is 50.7 Å². The van der Waals surface area contributed by atoms with Gasteiger partial charge in [-0.15, -0.1) is 0 Å². The van der Waals surface area contributed by atoms with E-state index >= 15 is 0 Å². The third-order valence-electron chi connectivity index (χ3n) is 14.6. The van der Waals surface area contributed by atoms with Gasteiger partial charge in [-0.1, -0.05) is 87.7 Å². The van der Waals surface area contributed by atoms with Crippen molar-refractivity contribution in [2.24, 2.45) is 0 Å². The molecule has 2 aliphatic carbocycles. The molecule has 2 saturated carbocycles. The molecule has 2 aliphatic rings. The first-order chi connectivity index (χ1) is 44.4. The van der Waals surface area contributed by atoms with E-state index < -0.39 is 5.24 Å². The number of H-pyrrole nitrogens is 2. The Morgan fingerprint density at radius 1 is 0.663 bits per heavy atom. The lowest BCUT2D eigenvalue weighted by atomic mass is 9.91. The van der Waals surface area contributed by atoms with Crippen molar-refractivity contribution in [3.8, 4) is 22.5 Å². The zero-order valence-electron chi connectivity index (χ0n) is 51.2. The molecule has 0 aliphatic heterocycles. The van der Waals surface area contributed by atoms with Crippen LogP contribution in [0.25, 0.3) is 44.3 Å². The molecule has 10 rings (SSSR count). The van der Waals surface area contributed by atoms with Gasteiger partial charge in [-0.2, -0.15) is 0 Å². The number of nitrogens with two attached hydrogens (primary N) is 1. The van der Waals surface area contributed by atoms with E-state index in [1.54, 1.807) is 92.1 Å². The second-order valence-electron chi connectivity index (χ2n) is 21.5. The Morgan fingerprint density at radius 2 is 1.14 bits per heavy atom. The number of likely N-dealkylation sites (N-methyl/N-ethyl adjacent to an activating group) is 2. The maximum Gasteiger partial charge on any atom is 0.319 e. The molecule has 4 atom stereocenters. The van der Waals surface area contributed by atoms with Crippen LogP contribution in [0, 0.1) is 0 Å². The number of benzene rings is 4. The molecule has 0 unspecified atom stereocenters. The number of anilines is 4. The van der Waals surface area contributed by atoms with Crippen molar-refractivity contribution in [3.63, 3.8) is 0 Å². The minimum absolute atomic E-state index is 0.00836. The van der Waals surface area contributed by atoms with Crippen LogP contribution in [-0.4, -0.2) is 147 Å². The number of amides is 3. The van der Waals surface area contributed by atoms with Crippen molar-refractivity contribution in [1.29, 1.82) is 0 Å². The molecule has 22 nitrogen and oxygen atoms in total. The standard InChI is InChI=1S/C33H36ClN7O4.C25H25ClN6O.C4H4BrClO.C4H9NO2/c1-41(20-30(43)45-2)16-6-11-29(42)37-22-14-12-21(13-15-22)32(44)38-23-7-5-8-24(17-23)39-33-36-19-27(34)31(40-33)26-18-35-28-10-4-3-9-25(26)28;26-21-14-29-25(32-23(21)20-13-28-22-7-2-1-6-19(20)22)31-18-5-3-4-17(12-18)30-24(33)15-8-10-16(27)11-9-15;5-3-1-2-4(6)7;1-5-3-4(6)7-2/h3-4,6,9-15,18-19,23-24,35H,5,7-8,16-17,20H2,1-2H3,(H,37,42)(H,38,44)(H,36,39,40);1-2,6-11,13-14,17-18,28H,3-5,12,27H2,(H,30,33)(H,29,31,32);1-2H,3H2;5H,3H2,1-2H3/b11-6+;;2-1+;/t23-,24+;17-,18+;;/m00../s1. The summed E-state index contributed by atoms with van der Waals surface area (Å²) in [5, 5.41) is 21.9. The number of carbonyl (C=O) groups is 6. The quantitative estimate of drug-likeness (QED) is 0.0113. The molecule has 4 aromatic heterocycles. The number of rotatable bonds is 20. The Morgan fingerprint density at radius 3 is 1.59 bits per heavy atom. The number of aromatic nitrogens is 6. The van der Waals surface area contributed by atoms with Crippen LogP contribution in [0.1, 0.15) is 72.1 Å². The first-order valence-electron chi connectivity index (χ1n) is 29.6. The Balaban J connectivity index is 0.000000222. The molecule has 8 aromatic rings. The maximum absolute atomic E-state index is 13.0. The van der Waals surface area contributed by atoms with Crippen LogP contribution in [0.4, 0.5) is 23.3 Å². The number of aromatic amines is 2. The van der Waals surface area contributed by atoms with Crippen LogP contribution in [0.3, 0.4) is 0 Å². The second kappa shape index (κ2) is 36.4. The summed E-state index contributed by atoms with van der Waals surface area (Å²) in [6.07, 6.45) is 20.3. The van der Waals surface area contributed by atoms with Gasteiger partial charge < -0.3 is 57.1 Å². The predicted molar refractivity (Wildman–Crippen MR) is 367 cm³/mol. The van der Waals surface area contributed by atoms with E-state index in [4.69, 9.17) is 50.5 Å². The minimum atomic E-state index is -0.431. The summed E-state index contributed by atoms with van der Waals surface area (Å²) in [5.74, 6) is -0.0996. The van der Waals surface area contributed by atoms with Crippen molar-refractivity contribution < 1.29 is 38.2 Å². The topological polar surface area (TPSA) is 305 Å². The molecule has 26 heteroatoms. The molecule has 4 aromatic carbocycles. The monoisotopic (exact) mass is 1370 g/mol. The Bertz CT molecular complexity index is 3830. The number of ether oxygens (including phenoxy) is 2. The Labute approximate surface area is 556 Å². The number of nitrogens with zero attached hydrogens (tertiary/aromatic N) is 5. The molecular formula is C66H74BrCl3N14O8. The highest BCUT2D eigenvalue weighted by Crippen LogP contribution is 2.35. The summed E-state index contributed by atoms with van der Waals surface area (Å²) < 4.78 is 8.91. The van der Waals surface area contributed by atoms with Gasteiger partial charge in [0, 0.05) is 110 Å². The lowest BCUT2D eigenvalue weighted by Crippen LogP contribution is -2.42. The number of fused-ring (bicyclic) bond motifs is 2. The first-order valence-corrected chi connectivity index (χ1v) is 31.8. The van der Waals surface area contributed by atoms with Crippen molar-refractivity contribution in [2.45, 2.75) is 75.5 Å². The zero-order valence-corrected chi connectivity index (χ0v) is 55.1. The maximum atomic E-state index is 13.0. The first kappa shape index (κ1) is 70.7. The summed E-state index contributed by atoms with van der Waals surface area (Å²) in [4.78, 5) is 95.7. The molecule has 0 radical (unpaired) electrons. The van der Waals surface area contributed by atoms with Gasteiger partial charge in [0.2, 0.25) is 23.0 Å². The van der Waals surface area contributed by atoms with E-state index in [1.807, 2.05) is 60.9 Å². The van der Waals surface area contributed by atoms with Gasteiger partial charge in [0.05, 0.1) is 61.1 Å². The Kier molecular flexibility index (Phi) is 28.0. The molecule has 0 spiro atoms. The number of nitrogen functional groups attached to an aromatic ring is 1. The molecule has 4 heterocycles. The third-order valence-corrected chi connectivity index (χ3v) is 15.7. The molecular weight excluding hydrogens is 1300 g/mol. The molecule has 10 N–H and O–H groups in total. The molecule has 484 valence electrons. The molecule has 0 bridgehead atoms.